The molecule has 5 heteroatoms. The molecule has 2 aliphatic heterocycles. The molecule has 2 heterocycles. The first-order valence-corrected chi connectivity index (χ1v) is 9.68. The molecule has 1 atom stereocenters. The van der Waals surface area contributed by atoms with Crippen molar-refractivity contribution in [3.05, 3.63) is 53.6 Å². The van der Waals surface area contributed by atoms with Crippen molar-refractivity contribution in [1.29, 1.82) is 0 Å². The third-order valence-corrected chi connectivity index (χ3v) is 5.40. The smallest absolute Gasteiger partial charge is 0.164 e. The molecule has 4 rings (SSSR count). The van der Waals surface area contributed by atoms with Crippen LogP contribution in [0.25, 0.3) is 0 Å². The topological polar surface area (TPSA) is 34.2 Å². The minimum absolute atomic E-state index is 0.366. The van der Waals surface area contributed by atoms with Crippen LogP contribution in [0.4, 0.5) is 0 Å². The van der Waals surface area contributed by atoms with Gasteiger partial charge in [0.2, 0.25) is 0 Å². The molecule has 5 nitrogen and oxygen atoms in total. The number of hydrogen-bond donors (Lipinski definition) is 0. The van der Waals surface area contributed by atoms with E-state index >= 15 is 0 Å². The molecule has 0 saturated carbocycles. The van der Waals surface area contributed by atoms with E-state index in [-0.39, 0.29) is 0 Å². The van der Waals surface area contributed by atoms with E-state index in [4.69, 9.17) is 14.2 Å². The van der Waals surface area contributed by atoms with Crippen LogP contribution in [-0.4, -0.2) is 56.8 Å². The number of hydrogen-bond acceptors (Lipinski definition) is 5. The Hall–Kier alpha value is -2.24. The molecule has 0 aliphatic carbocycles. The van der Waals surface area contributed by atoms with E-state index < -0.39 is 0 Å². The summed E-state index contributed by atoms with van der Waals surface area (Å²) in [6, 6.07) is 15.2. The Bertz CT molecular complexity index is 766. The normalized spacial score (nSPS) is 20.9. The Morgan fingerprint density at radius 2 is 1.78 bits per heavy atom. The van der Waals surface area contributed by atoms with Crippen LogP contribution in [0.3, 0.4) is 0 Å². The van der Waals surface area contributed by atoms with Gasteiger partial charge in [-0.2, -0.15) is 0 Å². The summed E-state index contributed by atoms with van der Waals surface area (Å²) in [4.78, 5) is 4.94. The summed E-state index contributed by atoms with van der Waals surface area (Å²) in [5.41, 5.74) is 2.50. The number of nitrogens with zero attached hydrogens (tertiary/aromatic N) is 2. The predicted molar refractivity (Wildman–Crippen MR) is 106 cm³/mol. The van der Waals surface area contributed by atoms with Crippen LogP contribution < -0.4 is 14.2 Å². The van der Waals surface area contributed by atoms with Crippen LogP contribution >= 0.6 is 0 Å². The number of piperazine rings is 1. The van der Waals surface area contributed by atoms with Gasteiger partial charge in [-0.3, -0.25) is 4.90 Å². The number of methoxy groups -OCH3 is 1. The molecule has 2 aliphatic rings. The summed E-state index contributed by atoms with van der Waals surface area (Å²) in [6.45, 7) is 5.32. The van der Waals surface area contributed by atoms with E-state index in [9.17, 15) is 0 Å². The van der Waals surface area contributed by atoms with E-state index in [1.807, 2.05) is 6.07 Å². The summed E-state index contributed by atoms with van der Waals surface area (Å²) in [5, 5.41) is 0. The number of likely N-dealkylation sites (N-methyl/N-ethyl adjacent to an activating group) is 1. The minimum atomic E-state index is 0.366. The van der Waals surface area contributed by atoms with E-state index in [1.54, 1.807) is 7.11 Å². The first-order valence-electron chi connectivity index (χ1n) is 9.68. The number of benzene rings is 2. The molecule has 0 bridgehead atoms. The van der Waals surface area contributed by atoms with Gasteiger partial charge < -0.3 is 19.1 Å². The molecule has 0 unspecified atom stereocenters. The fraction of sp³-hybridized carbons (Fsp3) is 0.455. The Labute approximate surface area is 161 Å². The molecule has 2 aromatic rings. The Kier molecular flexibility index (Phi) is 5.50. The average Bonchev–Trinajstić information content (AvgIpc) is 2.94. The third kappa shape index (κ3) is 4.04. The quantitative estimate of drug-likeness (QED) is 0.827. The lowest BCUT2D eigenvalue weighted by molar-refractivity contribution is 0.0825. The van der Waals surface area contributed by atoms with Crippen LogP contribution in [0.15, 0.2) is 42.5 Å². The molecule has 0 amide bonds. The Morgan fingerprint density at radius 3 is 2.52 bits per heavy atom. The predicted octanol–water partition coefficient (Wildman–Crippen LogP) is 3.35. The number of ether oxygens (including phenoxy) is 3. The van der Waals surface area contributed by atoms with Gasteiger partial charge in [-0.05, 0) is 18.7 Å². The summed E-state index contributed by atoms with van der Waals surface area (Å²) in [5.74, 6) is 2.48. The van der Waals surface area contributed by atoms with Crippen LogP contribution in [0, 0.1) is 0 Å². The monoisotopic (exact) mass is 368 g/mol. The minimum Gasteiger partial charge on any atom is -0.496 e. The Morgan fingerprint density at radius 1 is 1.04 bits per heavy atom. The van der Waals surface area contributed by atoms with Gasteiger partial charge in [-0.25, -0.2) is 0 Å². The fourth-order valence-corrected chi connectivity index (χ4v) is 3.90. The maximum atomic E-state index is 5.90. The van der Waals surface area contributed by atoms with Gasteiger partial charge in [0.25, 0.3) is 0 Å². The molecule has 0 spiro atoms. The third-order valence-electron chi connectivity index (χ3n) is 5.40. The van der Waals surface area contributed by atoms with E-state index in [0.717, 1.165) is 55.4 Å². The molecular weight excluding hydrogens is 340 g/mol. The summed E-state index contributed by atoms with van der Waals surface area (Å²) in [7, 11) is 3.92. The van der Waals surface area contributed by atoms with E-state index in [1.165, 1.54) is 5.56 Å². The van der Waals surface area contributed by atoms with Crippen LogP contribution in [-0.2, 0) is 6.54 Å². The summed E-state index contributed by atoms with van der Waals surface area (Å²) >= 11 is 0. The van der Waals surface area contributed by atoms with Crippen molar-refractivity contribution in [2.24, 2.45) is 0 Å². The highest BCUT2D eigenvalue weighted by Crippen LogP contribution is 2.38. The Balaban J connectivity index is 1.62. The molecule has 1 saturated heterocycles. The van der Waals surface area contributed by atoms with Gasteiger partial charge in [0.05, 0.1) is 20.3 Å². The lowest BCUT2D eigenvalue weighted by Gasteiger charge is -2.40. The maximum Gasteiger partial charge on any atom is 0.164 e. The van der Waals surface area contributed by atoms with Gasteiger partial charge in [0, 0.05) is 50.3 Å². The number of fused-ring (bicyclic) bond motifs is 1. The lowest BCUT2D eigenvalue weighted by atomic mass is 10.0. The molecule has 0 N–H and O–H groups in total. The van der Waals surface area contributed by atoms with Crippen molar-refractivity contribution in [3.63, 3.8) is 0 Å². The highest BCUT2D eigenvalue weighted by atomic mass is 16.5. The van der Waals surface area contributed by atoms with Gasteiger partial charge in [0.1, 0.15) is 5.75 Å². The molecule has 27 heavy (non-hydrogen) atoms. The largest absolute Gasteiger partial charge is 0.496 e. The zero-order valence-corrected chi connectivity index (χ0v) is 16.2. The molecule has 0 aromatic heterocycles. The highest BCUT2D eigenvalue weighted by molar-refractivity contribution is 5.51. The van der Waals surface area contributed by atoms with Crippen molar-refractivity contribution >= 4 is 0 Å². The van der Waals surface area contributed by atoms with Gasteiger partial charge in [-0.1, -0.05) is 30.3 Å². The first-order chi connectivity index (χ1) is 13.2. The van der Waals surface area contributed by atoms with Crippen molar-refractivity contribution in [2.45, 2.75) is 19.0 Å². The van der Waals surface area contributed by atoms with Crippen molar-refractivity contribution in [2.75, 3.05) is 47.0 Å². The zero-order chi connectivity index (χ0) is 18.6. The van der Waals surface area contributed by atoms with Gasteiger partial charge in [-0.15, -0.1) is 0 Å². The molecule has 144 valence electrons. The molecule has 2 aromatic carbocycles. The van der Waals surface area contributed by atoms with E-state index in [0.29, 0.717) is 19.3 Å². The van der Waals surface area contributed by atoms with Crippen molar-refractivity contribution in [1.82, 2.24) is 9.80 Å². The van der Waals surface area contributed by atoms with E-state index in [2.05, 4.69) is 53.2 Å². The van der Waals surface area contributed by atoms with Crippen LogP contribution in [0.5, 0.6) is 17.2 Å². The lowest BCUT2D eigenvalue weighted by Crippen LogP contribution is -2.46. The van der Waals surface area contributed by atoms with Crippen molar-refractivity contribution < 1.29 is 14.2 Å². The summed E-state index contributed by atoms with van der Waals surface area (Å²) in [6.07, 6.45) is 0.904. The highest BCUT2D eigenvalue weighted by Gasteiger charge is 2.28. The molecule has 1 fully saturated rings. The van der Waals surface area contributed by atoms with Gasteiger partial charge >= 0.3 is 0 Å². The second-order valence-electron chi connectivity index (χ2n) is 7.32. The maximum absolute atomic E-state index is 5.90. The standard InChI is InChI=1S/C22H28N2O3/c1-23-9-10-24(19(16-23)17-7-4-3-5-8-17)15-18-13-21-22(14-20(18)25-2)27-12-6-11-26-21/h3-5,7-8,13-14,19H,6,9-12,15-16H2,1-2H3/t19-/m1/s1. The van der Waals surface area contributed by atoms with Crippen LogP contribution in [0.2, 0.25) is 0 Å². The zero-order valence-electron chi connectivity index (χ0n) is 16.2. The molecule has 0 radical (unpaired) electrons. The average molecular weight is 368 g/mol. The second-order valence-corrected chi connectivity index (χ2v) is 7.32. The number of rotatable bonds is 4. The SMILES string of the molecule is COc1cc2c(cc1CN1CCN(C)C[C@@H]1c1ccccc1)OCCCO2. The fourth-order valence-electron chi connectivity index (χ4n) is 3.90. The van der Waals surface area contributed by atoms with Crippen LogP contribution in [0.1, 0.15) is 23.6 Å². The van der Waals surface area contributed by atoms with Crippen molar-refractivity contribution in [3.8, 4) is 17.2 Å². The first kappa shape index (κ1) is 18.1. The van der Waals surface area contributed by atoms with Gasteiger partial charge in [0.15, 0.2) is 11.5 Å². The second kappa shape index (κ2) is 8.19. The summed E-state index contributed by atoms with van der Waals surface area (Å²) < 4.78 is 17.4. The molecular formula is C22H28N2O3.